The van der Waals surface area contributed by atoms with Gasteiger partial charge in [-0.2, -0.15) is 0 Å². The van der Waals surface area contributed by atoms with E-state index in [2.05, 4.69) is 4.98 Å². The number of ether oxygens (including phenoxy) is 2. The Kier molecular flexibility index (Phi) is 3.90. The van der Waals surface area contributed by atoms with Crippen LogP contribution in [0.5, 0.6) is 0 Å². The lowest BCUT2D eigenvalue weighted by molar-refractivity contribution is -0.379. The molecular formula is C8H10INO2. The summed E-state index contributed by atoms with van der Waals surface area (Å²) >= 11 is 0. The van der Waals surface area contributed by atoms with Gasteiger partial charge in [-0.3, -0.25) is 0 Å². The molecule has 2 rings (SSSR count). The summed E-state index contributed by atoms with van der Waals surface area (Å²) in [6.07, 6.45) is 3.58. The highest BCUT2D eigenvalue weighted by Gasteiger charge is 2.18. The fraction of sp³-hybridized carbons (Fsp3) is 0.375. The van der Waals surface area contributed by atoms with Crippen LogP contribution in [0.2, 0.25) is 0 Å². The monoisotopic (exact) mass is 279 g/mol. The molecule has 0 unspecified atom stereocenters. The summed E-state index contributed by atoms with van der Waals surface area (Å²) < 4.78 is 10.6. The van der Waals surface area contributed by atoms with Crippen LogP contribution in [-0.2, 0) is 9.47 Å². The SMILES string of the molecule is [I-].c1c[nH+]cc(C2OCCO2)c1. The predicted molar refractivity (Wildman–Crippen MR) is 37.6 cm³/mol. The molecule has 0 bridgehead atoms. The van der Waals surface area contributed by atoms with Crippen molar-refractivity contribution in [2.24, 2.45) is 0 Å². The first-order chi connectivity index (χ1) is 5.47. The van der Waals surface area contributed by atoms with Crippen LogP contribution in [0.4, 0.5) is 0 Å². The van der Waals surface area contributed by atoms with Gasteiger partial charge in [0.2, 0.25) is 0 Å². The zero-order valence-corrected chi connectivity index (χ0v) is 8.65. The average Bonchev–Trinajstić information content (AvgIpc) is 2.58. The zero-order valence-electron chi connectivity index (χ0n) is 6.50. The number of hydrogen-bond donors (Lipinski definition) is 0. The lowest BCUT2D eigenvalue weighted by atomic mass is 10.3. The van der Waals surface area contributed by atoms with Crippen molar-refractivity contribution >= 4 is 0 Å². The van der Waals surface area contributed by atoms with E-state index in [0.29, 0.717) is 13.2 Å². The van der Waals surface area contributed by atoms with Gasteiger partial charge < -0.3 is 33.5 Å². The summed E-state index contributed by atoms with van der Waals surface area (Å²) in [6, 6.07) is 3.91. The fourth-order valence-corrected chi connectivity index (χ4v) is 1.10. The molecule has 0 radical (unpaired) electrons. The van der Waals surface area contributed by atoms with E-state index in [-0.39, 0.29) is 30.3 Å². The number of nitrogens with one attached hydrogen (secondary N) is 1. The van der Waals surface area contributed by atoms with E-state index >= 15 is 0 Å². The van der Waals surface area contributed by atoms with Crippen LogP contribution in [-0.4, -0.2) is 13.2 Å². The van der Waals surface area contributed by atoms with Crippen molar-refractivity contribution < 1.29 is 38.4 Å². The minimum atomic E-state index is -0.160. The predicted octanol–water partition coefficient (Wildman–Crippen LogP) is -2.45. The Morgan fingerprint density at radius 2 is 2.08 bits per heavy atom. The van der Waals surface area contributed by atoms with Crippen molar-refractivity contribution in [3.63, 3.8) is 0 Å². The molecule has 1 fully saturated rings. The van der Waals surface area contributed by atoms with Gasteiger partial charge in [-0.25, -0.2) is 4.98 Å². The molecule has 1 aromatic heterocycles. The molecule has 1 aromatic rings. The highest BCUT2D eigenvalue weighted by atomic mass is 127. The first kappa shape index (κ1) is 9.88. The second-order valence-electron chi connectivity index (χ2n) is 2.41. The third kappa shape index (κ3) is 2.15. The van der Waals surface area contributed by atoms with Gasteiger partial charge in [-0.05, 0) is 6.07 Å². The van der Waals surface area contributed by atoms with Gasteiger partial charge in [0.15, 0.2) is 18.7 Å². The van der Waals surface area contributed by atoms with E-state index in [4.69, 9.17) is 9.47 Å². The Balaban J connectivity index is 0.000000720. The van der Waals surface area contributed by atoms with Crippen molar-refractivity contribution in [2.45, 2.75) is 6.29 Å². The number of halogens is 1. The van der Waals surface area contributed by atoms with Crippen molar-refractivity contribution in [2.75, 3.05) is 13.2 Å². The molecule has 0 spiro atoms. The van der Waals surface area contributed by atoms with E-state index < -0.39 is 0 Å². The number of hydrogen-bond acceptors (Lipinski definition) is 2. The van der Waals surface area contributed by atoms with Gasteiger partial charge in [0.05, 0.1) is 18.8 Å². The van der Waals surface area contributed by atoms with Gasteiger partial charge in [-0.1, -0.05) is 0 Å². The molecule has 0 aliphatic carbocycles. The van der Waals surface area contributed by atoms with Crippen molar-refractivity contribution in [1.82, 2.24) is 0 Å². The van der Waals surface area contributed by atoms with Crippen molar-refractivity contribution in [3.8, 4) is 0 Å². The zero-order chi connectivity index (χ0) is 7.52. The average molecular weight is 279 g/mol. The minimum Gasteiger partial charge on any atom is -1.00 e. The lowest BCUT2D eigenvalue weighted by Crippen LogP contribution is -3.00. The van der Waals surface area contributed by atoms with Crippen LogP contribution in [0.25, 0.3) is 0 Å². The normalized spacial score (nSPS) is 17.3. The first-order valence-electron chi connectivity index (χ1n) is 3.66. The van der Waals surface area contributed by atoms with Gasteiger partial charge >= 0.3 is 0 Å². The van der Waals surface area contributed by atoms with Crippen molar-refractivity contribution in [1.29, 1.82) is 0 Å². The number of aromatic amines is 1. The van der Waals surface area contributed by atoms with Crippen LogP contribution < -0.4 is 29.0 Å². The summed E-state index contributed by atoms with van der Waals surface area (Å²) in [6.45, 7) is 1.39. The highest BCUT2D eigenvalue weighted by Crippen LogP contribution is 2.20. The molecular weight excluding hydrogens is 269 g/mol. The second kappa shape index (κ2) is 4.74. The fourth-order valence-electron chi connectivity index (χ4n) is 1.10. The van der Waals surface area contributed by atoms with E-state index in [1.54, 1.807) is 0 Å². The smallest absolute Gasteiger partial charge is 0.189 e. The molecule has 0 aromatic carbocycles. The second-order valence-corrected chi connectivity index (χ2v) is 2.41. The molecule has 1 saturated heterocycles. The number of H-pyrrole nitrogens is 1. The highest BCUT2D eigenvalue weighted by molar-refractivity contribution is 5.07. The number of rotatable bonds is 1. The third-order valence-corrected chi connectivity index (χ3v) is 1.63. The summed E-state index contributed by atoms with van der Waals surface area (Å²) in [5, 5.41) is 0. The summed E-state index contributed by atoms with van der Waals surface area (Å²) in [5.74, 6) is 0. The van der Waals surface area contributed by atoms with Crippen LogP contribution >= 0.6 is 0 Å². The maximum absolute atomic E-state index is 5.30. The standard InChI is InChI=1S/C8H9NO2.HI/c1-2-7(6-9-3-1)8-10-4-5-11-8;/h1-3,6,8H,4-5H2;1H. The maximum Gasteiger partial charge on any atom is 0.189 e. The third-order valence-electron chi connectivity index (χ3n) is 1.63. The Bertz CT molecular complexity index is 224. The van der Waals surface area contributed by atoms with Gasteiger partial charge in [0.1, 0.15) is 0 Å². The molecule has 3 nitrogen and oxygen atoms in total. The van der Waals surface area contributed by atoms with Crippen molar-refractivity contribution in [3.05, 3.63) is 30.1 Å². The molecule has 0 saturated carbocycles. The molecule has 1 aliphatic heterocycles. The van der Waals surface area contributed by atoms with Gasteiger partial charge in [0.25, 0.3) is 0 Å². The molecule has 12 heavy (non-hydrogen) atoms. The molecule has 2 heterocycles. The molecule has 66 valence electrons. The summed E-state index contributed by atoms with van der Waals surface area (Å²) in [7, 11) is 0. The molecule has 0 amide bonds. The first-order valence-corrected chi connectivity index (χ1v) is 3.66. The van der Waals surface area contributed by atoms with Gasteiger partial charge in [0, 0.05) is 6.07 Å². The van der Waals surface area contributed by atoms with E-state index in [9.17, 15) is 0 Å². The topological polar surface area (TPSA) is 32.6 Å². The Morgan fingerprint density at radius 3 is 2.67 bits per heavy atom. The van der Waals surface area contributed by atoms with Crippen LogP contribution in [0.3, 0.4) is 0 Å². The summed E-state index contributed by atoms with van der Waals surface area (Å²) in [4.78, 5) is 2.98. The number of pyridine rings is 1. The van der Waals surface area contributed by atoms with Crippen LogP contribution in [0.15, 0.2) is 24.5 Å². The van der Waals surface area contributed by atoms with Crippen LogP contribution in [0, 0.1) is 0 Å². The number of aromatic nitrogens is 1. The van der Waals surface area contributed by atoms with Gasteiger partial charge in [-0.15, -0.1) is 0 Å². The minimum absolute atomic E-state index is 0. The molecule has 1 aliphatic rings. The molecule has 4 heteroatoms. The Hall–Kier alpha value is -0.200. The molecule has 0 atom stereocenters. The molecule has 1 N–H and O–H groups in total. The quantitative estimate of drug-likeness (QED) is 0.535. The van der Waals surface area contributed by atoms with Crippen LogP contribution in [0.1, 0.15) is 11.9 Å². The van der Waals surface area contributed by atoms with E-state index in [0.717, 1.165) is 5.56 Å². The largest absolute Gasteiger partial charge is 1.00 e. The lowest BCUT2D eigenvalue weighted by Gasteiger charge is -2.04. The Labute approximate surface area is 88.1 Å². The summed E-state index contributed by atoms with van der Waals surface area (Å²) in [5.41, 5.74) is 1.05. The van der Waals surface area contributed by atoms with E-state index in [1.807, 2.05) is 24.5 Å². The Morgan fingerprint density at radius 1 is 1.33 bits per heavy atom. The van der Waals surface area contributed by atoms with E-state index in [1.165, 1.54) is 0 Å². The maximum atomic E-state index is 5.30.